The van der Waals surface area contributed by atoms with Gasteiger partial charge in [-0.3, -0.25) is 5.32 Å². The average molecular weight is 373 g/mol. The molecule has 0 spiro atoms. The van der Waals surface area contributed by atoms with Gasteiger partial charge in [0.15, 0.2) is 22.8 Å². The molecular formula is C13H8F5N7O. The highest BCUT2D eigenvalue weighted by Gasteiger charge is 2.35. The minimum absolute atomic E-state index is 0.288. The summed E-state index contributed by atoms with van der Waals surface area (Å²) in [6.07, 6.45) is -3.90. The van der Waals surface area contributed by atoms with E-state index in [2.05, 4.69) is 15.0 Å². The molecule has 0 fully saturated rings. The highest BCUT2D eigenvalue weighted by molar-refractivity contribution is 6.03. The number of H-pyrrole nitrogens is 1. The number of nitrogens with one attached hydrogen (secondary N) is 3. The molecule has 3 rings (SSSR count). The largest absolute Gasteiger partial charge is 0.449 e. The van der Waals surface area contributed by atoms with E-state index in [1.165, 1.54) is 0 Å². The number of aromatic amines is 1. The predicted octanol–water partition coefficient (Wildman–Crippen LogP) is 2.88. The van der Waals surface area contributed by atoms with Crippen LogP contribution in [0.4, 0.5) is 43.9 Å². The van der Waals surface area contributed by atoms with Gasteiger partial charge in [0.1, 0.15) is 17.8 Å². The second kappa shape index (κ2) is 6.09. The van der Waals surface area contributed by atoms with Gasteiger partial charge in [-0.1, -0.05) is 0 Å². The third kappa shape index (κ3) is 3.18. The number of anilines is 3. The number of hydrogen-bond donors (Lipinski definition) is 4. The molecule has 0 aliphatic heterocycles. The number of fused-ring (bicyclic) bond motifs is 1. The molecule has 0 aliphatic carbocycles. The fraction of sp³-hybridized carbons (Fsp3) is 0.0769. The summed E-state index contributed by atoms with van der Waals surface area (Å²) in [6.45, 7) is 0. The number of carbonyl (C=O) groups is 1. The Balaban J connectivity index is 1.89. The lowest BCUT2D eigenvalue weighted by Crippen LogP contribution is -2.22. The molecule has 2 amide bonds. The van der Waals surface area contributed by atoms with Crippen LogP contribution >= 0.6 is 0 Å². The van der Waals surface area contributed by atoms with Crippen molar-refractivity contribution in [2.75, 3.05) is 16.4 Å². The summed E-state index contributed by atoms with van der Waals surface area (Å²) in [5.74, 6) is -4.04. The van der Waals surface area contributed by atoms with Gasteiger partial charge in [0.2, 0.25) is 5.82 Å². The number of alkyl halides is 3. The molecule has 0 saturated heterocycles. The molecule has 5 N–H and O–H groups in total. The summed E-state index contributed by atoms with van der Waals surface area (Å²) in [5, 5.41) is 3.92. The van der Waals surface area contributed by atoms with Crippen LogP contribution < -0.4 is 16.4 Å². The Labute approximate surface area is 140 Å². The van der Waals surface area contributed by atoms with Crippen LogP contribution in [0.5, 0.6) is 0 Å². The number of halogens is 5. The van der Waals surface area contributed by atoms with Crippen molar-refractivity contribution in [3.05, 3.63) is 35.9 Å². The lowest BCUT2D eigenvalue weighted by atomic mass is 10.2. The van der Waals surface area contributed by atoms with Gasteiger partial charge >= 0.3 is 12.2 Å². The van der Waals surface area contributed by atoms with Crippen LogP contribution in [0.25, 0.3) is 11.2 Å². The molecule has 0 atom stereocenters. The van der Waals surface area contributed by atoms with Crippen LogP contribution in [0, 0.1) is 11.6 Å². The van der Waals surface area contributed by atoms with Gasteiger partial charge in [-0.15, -0.1) is 0 Å². The summed E-state index contributed by atoms with van der Waals surface area (Å²) < 4.78 is 65.5. The van der Waals surface area contributed by atoms with Gasteiger partial charge in [-0.05, 0) is 12.1 Å². The van der Waals surface area contributed by atoms with Crippen LogP contribution in [0.1, 0.15) is 5.82 Å². The molecule has 1 aromatic carbocycles. The van der Waals surface area contributed by atoms with Crippen molar-refractivity contribution in [2.24, 2.45) is 0 Å². The maximum Gasteiger partial charge on any atom is 0.449 e. The Morgan fingerprint density at radius 3 is 2.58 bits per heavy atom. The zero-order valence-electron chi connectivity index (χ0n) is 12.4. The number of amides is 2. The number of nitrogens with two attached hydrogens (primary N) is 1. The zero-order chi connectivity index (χ0) is 19.1. The van der Waals surface area contributed by atoms with Crippen molar-refractivity contribution < 1.29 is 26.7 Å². The minimum atomic E-state index is -4.77. The van der Waals surface area contributed by atoms with Crippen molar-refractivity contribution in [3.63, 3.8) is 0 Å². The molecule has 136 valence electrons. The Morgan fingerprint density at radius 2 is 1.88 bits per heavy atom. The fourth-order valence-corrected chi connectivity index (χ4v) is 1.99. The molecule has 8 nitrogen and oxygen atoms in total. The molecule has 2 heterocycles. The van der Waals surface area contributed by atoms with Gasteiger partial charge < -0.3 is 16.0 Å². The number of urea groups is 1. The van der Waals surface area contributed by atoms with Crippen LogP contribution in [0.15, 0.2) is 18.5 Å². The first kappa shape index (κ1) is 17.3. The molecule has 0 bridgehead atoms. The fourth-order valence-electron chi connectivity index (χ4n) is 1.99. The maximum absolute atomic E-state index is 13.8. The van der Waals surface area contributed by atoms with Gasteiger partial charge in [0.05, 0.1) is 5.69 Å². The quantitative estimate of drug-likeness (QED) is 0.407. The first-order valence-corrected chi connectivity index (χ1v) is 6.76. The monoisotopic (exact) mass is 373 g/mol. The Bertz CT molecular complexity index is 1000. The van der Waals surface area contributed by atoms with E-state index in [0.29, 0.717) is 0 Å². The van der Waals surface area contributed by atoms with Crippen molar-refractivity contribution >= 4 is 34.4 Å². The van der Waals surface area contributed by atoms with E-state index in [9.17, 15) is 26.7 Å². The van der Waals surface area contributed by atoms with Gasteiger partial charge in [-0.2, -0.15) is 13.2 Å². The summed E-state index contributed by atoms with van der Waals surface area (Å²) in [4.78, 5) is 24.3. The Hall–Kier alpha value is -3.51. The van der Waals surface area contributed by atoms with Crippen LogP contribution in [-0.2, 0) is 6.18 Å². The van der Waals surface area contributed by atoms with Crippen molar-refractivity contribution in [2.45, 2.75) is 6.18 Å². The molecule has 0 saturated carbocycles. The first-order valence-electron chi connectivity index (χ1n) is 6.76. The molecule has 3 aromatic rings. The molecule has 13 heteroatoms. The molecule has 0 unspecified atom stereocenters. The third-order valence-electron chi connectivity index (χ3n) is 3.14. The number of nitrogen functional groups attached to an aromatic ring is 1. The van der Waals surface area contributed by atoms with Crippen molar-refractivity contribution in [3.8, 4) is 0 Å². The second-order valence-corrected chi connectivity index (χ2v) is 4.91. The normalized spacial score (nSPS) is 11.6. The Morgan fingerprint density at radius 1 is 1.15 bits per heavy atom. The van der Waals surface area contributed by atoms with Crippen LogP contribution in [-0.4, -0.2) is 26.0 Å². The topological polar surface area (TPSA) is 122 Å². The molecular weight excluding hydrogens is 365 g/mol. The maximum atomic E-state index is 13.8. The molecule has 0 radical (unpaired) electrons. The van der Waals surface area contributed by atoms with E-state index in [4.69, 9.17) is 5.73 Å². The molecule has 26 heavy (non-hydrogen) atoms. The minimum Gasteiger partial charge on any atom is -0.396 e. The SMILES string of the molecule is Nc1ccc(F)c(NC(=O)Nc2ncnc3[nH]c(C(F)(F)F)nc23)c1F. The number of rotatable bonds is 2. The van der Waals surface area contributed by atoms with E-state index >= 15 is 0 Å². The third-order valence-corrected chi connectivity index (χ3v) is 3.14. The number of nitrogens with zero attached hydrogens (tertiary/aromatic N) is 3. The second-order valence-electron chi connectivity index (χ2n) is 4.91. The van der Waals surface area contributed by atoms with Gasteiger partial charge in [0.25, 0.3) is 0 Å². The van der Waals surface area contributed by atoms with Crippen LogP contribution in [0.2, 0.25) is 0 Å². The van der Waals surface area contributed by atoms with E-state index in [0.717, 1.165) is 18.5 Å². The number of benzene rings is 1. The summed E-state index contributed by atoms with van der Waals surface area (Å²) in [6, 6.07) is 0.620. The van der Waals surface area contributed by atoms with E-state index in [1.807, 2.05) is 15.6 Å². The van der Waals surface area contributed by atoms with E-state index in [1.54, 1.807) is 0 Å². The Kier molecular flexibility index (Phi) is 4.06. The molecule has 0 aliphatic rings. The summed E-state index contributed by atoms with van der Waals surface area (Å²) >= 11 is 0. The standard InChI is InChI=1S/C13H8F5N7O/c14-4-1-2-5(19)6(15)7(4)23-12(26)25-10-8-9(20-3-21-10)24-11(22-8)13(16,17)18/h1-3H,19H2,(H3,20,21,22,23,24,25,26). The number of imidazole rings is 1. The van der Waals surface area contributed by atoms with Crippen molar-refractivity contribution in [1.29, 1.82) is 0 Å². The van der Waals surface area contributed by atoms with Crippen molar-refractivity contribution in [1.82, 2.24) is 19.9 Å². The van der Waals surface area contributed by atoms with Gasteiger partial charge in [0, 0.05) is 0 Å². The zero-order valence-corrected chi connectivity index (χ0v) is 12.4. The van der Waals surface area contributed by atoms with Crippen LogP contribution in [0.3, 0.4) is 0 Å². The lowest BCUT2D eigenvalue weighted by molar-refractivity contribution is -0.144. The first-order chi connectivity index (χ1) is 12.2. The lowest BCUT2D eigenvalue weighted by Gasteiger charge is -2.10. The average Bonchev–Trinajstić information content (AvgIpc) is 3.01. The van der Waals surface area contributed by atoms with Gasteiger partial charge in [-0.25, -0.2) is 28.5 Å². The highest BCUT2D eigenvalue weighted by atomic mass is 19.4. The number of aromatic nitrogens is 4. The van der Waals surface area contributed by atoms with E-state index in [-0.39, 0.29) is 11.2 Å². The van der Waals surface area contributed by atoms with E-state index < -0.39 is 46.9 Å². The summed E-state index contributed by atoms with van der Waals surface area (Å²) in [5.41, 5.74) is 3.37. The summed E-state index contributed by atoms with van der Waals surface area (Å²) in [7, 11) is 0. The predicted molar refractivity (Wildman–Crippen MR) is 80.1 cm³/mol. The smallest absolute Gasteiger partial charge is 0.396 e. The number of hydrogen-bond acceptors (Lipinski definition) is 5. The highest BCUT2D eigenvalue weighted by Crippen LogP contribution is 2.29. The number of carbonyl (C=O) groups excluding carboxylic acids is 1. The molecule has 2 aromatic heterocycles.